The van der Waals surface area contributed by atoms with Gasteiger partial charge in [-0.25, -0.2) is 13.4 Å². The fourth-order valence-electron chi connectivity index (χ4n) is 2.53. The summed E-state index contributed by atoms with van der Waals surface area (Å²) in [6.07, 6.45) is 5.18. The fourth-order valence-corrected chi connectivity index (χ4v) is 5.63. The van der Waals surface area contributed by atoms with Crippen molar-refractivity contribution in [3.8, 4) is 0 Å². The third-order valence-corrected chi connectivity index (χ3v) is 6.51. The third kappa shape index (κ3) is 3.04. The molecule has 0 aliphatic carbocycles. The van der Waals surface area contributed by atoms with Gasteiger partial charge >= 0.3 is 0 Å². The van der Waals surface area contributed by atoms with Crippen molar-refractivity contribution < 1.29 is 13.2 Å². The highest BCUT2D eigenvalue weighted by molar-refractivity contribution is 7.91. The SMILES string of the molecule is CC1(NC(=O)/C=C/c2c(Cl)nc3sccn23)CCS(=O)(=O)C1. The Balaban J connectivity index is 1.74. The predicted molar refractivity (Wildman–Crippen MR) is 86.9 cm³/mol. The highest BCUT2D eigenvalue weighted by Gasteiger charge is 2.39. The van der Waals surface area contributed by atoms with Gasteiger partial charge in [-0.3, -0.25) is 9.20 Å². The minimum absolute atomic E-state index is 0.0260. The first-order valence-corrected chi connectivity index (χ1v) is 9.68. The maximum atomic E-state index is 12.0. The number of rotatable bonds is 3. The fraction of sp³-hybridized carbons (Fsp3) is 0.385. The molecule has 118 valence electrons. The van der Waals surface area contributed by atoms with E-state index in [0.29, 0.717) is 17.3 Å². The molecule has 3 rings (SSSR count). The number of carbonyl (C=O) groups is 1. The zero-order chi connectivity index (χ0) is 16.0. The second-order valence-corrected chi connectivity index (χ2v) is 8.98. The topological polar surface area (TPSA) is 80.5 Å². The Bertz CT molecular complexity index is 868. The summed E-state index contributed by atoms with van der Waals surface area (Å²) in [5, 5.41) is 4.96. The lowest BCUT2D eigenvalue weighted by Crippen LogP contribution is -2.46. The summed E-state index contributed by atoms with van der Waals surface area (Å²) in [5.74, 6) is -0.264. The number of nitrogens with one attached hydrogen (secondary N) is 1. The number of amides is 1. The summed E-state index contributed by atoms with van der Waals surface area (Å²) < 4.78 is 24.9. The smallest absolute Gasteiger partial charge is 0.244 e. The molecule has 9 heteroatoms. The molecule has 0 bridgehead atoms. The first-order chi connectivity index (χ1) is 10.3. The van der Waals surface area contributed by atoms with Gasteiger partial charge in [-0.05, 0) is 19.4 Å². The van der Waals surface area contributed by atoms with E-state index in [1.54, 1.807) is 17.4 Å². The van der Waals surface area contributed by atoms with Gasteiger partial charge in [-0.2, -0.15) is 0 Å². The van der Waals surface area contributed by atoms with Gasteiger partial charge in [0.1, 0.15) is 0 Å². The number of hydrogen-bond donors (Lipinski definition) is 1. The van der Waals surface area contributed by atoms with Gasteiger partial charge in [0.05, 0.1) is 22.7 Å². The largest absolute Gasteiger partial charge is 0.346 e. The summed E-state index contributed by atoms with van der Waals surface area (Å²) >= 11 is 7.49. The molecule has 2 aromatic rings. The number of hydrogen-bond acceptors (Lipinski definition) is 5. The predicted octanol–water partition coefficient (Wildman–Crippen LogP) is 1.76. The minimum atomic E-state index is -3.06. The van der Waals surface area contributed by atoms with E-state index >= 15 is 0 Å². The van der Waals surface area contributed by atoms with Gasteiger partial charge < -0.3 is 5.32 Å². The van der Waals surface area contributed by atoms with Crippen molar-refractivity contribution in [3.63, 3.8) is 0 Å². The van der Waals surface area contributed by atoms with Crippen molar-refractivity contribution in [2.45, 2.75) is 18.9 Å². The van der Waals surface area contributed by atoms with Gasteiger partial charge in [0, 0.05) is 17.7 Å². The van der Waals surface area contributed by atoms with Crippen LogP contribution in [0.1, 0.15) is 19.0 Å². The number of halogens is 1. The van der Waals surface area contributed by atoms with Crippen LogP contribution in [-0.4, -0.2) is 40.8 Å². The molecule has 1 aliphatic rings. The van der Waals surface area contributed by atoms with Crippen LogP contribution in [-0.2, 0) is 14.6 Å². The normalized spacial score (nSPS) is 24.3. The van der Waals surface area contributed by atoms with Crippen molar-refractivity contribution in [3.05, 3.63) is 28.5 Å². The molecule has 1 fully saturated rings. The average molecular weight is 360 g/mol. The average Bonchev–Trinajstić information content (AvgIpc) is 3.01. The molecular weight excluding hydrogens is 346 g/mol. The van der Waals surface area contributed by atoms with Crippen LogP contribution in [0.25, 0.3) is 11.0 Å². The Morgan fingerprint density at radius 1 is 1.59 bits per heavy atom. The van der Waals surface area contributed by atoms with E-state index in [0.717, 1.165) is 4.96 Å². The molecule has 6 nitrogen and oxygen atoms in total. The number of sulfone groups is 1. The number of nitrogens with zero attached hydrogens (tertiary/aromatic N) is 2. The highest BCUT2D eigenvalue weighted by Crippen LogP contribution is 2.24. The minimum Gasteiger partial charge on any atom is -0.346 e. The van der Waals surface area contributed by atoms with Gasteiger partial charge in [0.15, 0.2) is 20.0 Å². The molecule has 1 saturated heterocycles. The van der Waals surface area contributed by atoms with Crippen molar-refractivity contribution in [1.82, 2.24) is 14.7 Å². The van der Waals surface area contributed by atoms with Crippen molar-refractivity contribution in [1.29, 1.82) is 0 Å². The molecule has 3 heterocycles. The Morgan fingerprint density at radius 3 is 3.05 bits per heavy atom. The van der Waals surface area contributed by atoms with Crippen LogP contribution in [0.2, 0.25) is 5.15 Å². The number of carbonyl (C=O) groups excluding carboxylic acids is 1. The molecule has 1 amide bonds. The Hall–Kier alpha value is -1.38. The van der Waals surface area contributed by atoms with E-state index in [2.05, 4.69) is 10.3 Å². The maximum absolute atomic E-state index is 12.0. The molecule has 1 atom stereocenters. The summed E-state index contributed by atoms with van der Waals surface area (Å²) in [5.41, 5.74) is -0.0867. The van der Waals surface area contributed by atoms with Gasteiger partial charge in [-0.15, -0.1) is 11.3 Å². The molecule has 0 radical (unpaired) electrons. The Kier molecular flexibility index (Phi) is 3.78. The summed E-state index contributed by atoms with van der Waals surface area (Å²) in [7, 11) is -3.06. The zero-order valence-corrected chi connectivity index (χ0v) is 14.1. The monoisotopic (exact) mass is 359 g/mol. The second-order valence-electron chi connectivity index (χ2n) is 5.57. The molecular formula is C13H14ClN3O3S2. The lowest BCUT2D eigenvalue weighted by atomic mass is 10.0. The summed E-state index contributed by atoms with van der Waals surface area (Å²) in [6.45, 7) is 1.74. The van der Waals surface area contributed by atoms with Crippen LogP contribution in [0.4, 0.5) is 0 Å². The number of imidazole rings is 1. The molecule has 0 spiro atoms. The van der Waals surface area contributed by atoms with Gasteiger partial charge in [-0.1, -0.05) is 11.6 Å². The molecule has 0 saturated carbocycles. The van der Waals surface area contributed by atoms with E-state index in [4.69, 9.17) is 11.6 Å². The number of fused-ring (bicyclic) bond motifs is 1. The van der Waals surface area contributed by atoms with E-state index in [1.165, 1.54) is 17.4 Å². The van der Waals surface area contributed by atoms with Crippen LogP contribution in [0.5, 0.6) is 0 Å². The van der Waals surface area contributed by atoms with Gasteiger partial charge in [0.25, 0.3) is 0 Å². The van der Waals surface area contributed by atoms with Crippen LogP contribution in [0.3, 0.4) is 0 Å². The first kappa shape index (κ1) is 15.5. The van der Waals surface area contributed by atoms with Crippen molar-refractivity contribution >= 4 is 49.7 Å². The van der Waals surface area contributed by atoms with E-state index < -0.39 is 15.4 Å². The number of thiazole rings is 1. The van der Waals surface area contributed by atoms with Crippen LogP contribution < -0.4 is 5.32 Å². The van der Waals surface area contributed by atoms with Crippen molar-refractivity contribution in [2.24, 2.45) is 0 Å². The van der Waals surface area contributed by atoms with Crippen LogP contribution in [0, 0.1) is 0 Å². The summed E-state index contributed by atoms with van der Waals surface area (Å²) in [6, 6.07) is 0. The van der Waals surface area contributed by atoms with E-state index in [9.17, 15) is 13.2 Å². The molecule has 1 N–H and O–H groups in total. The third-order valence-electron chi connectivity index (χ3n) is 3.58. The highest BCUT2D eigenvalue weighted by atomic mass is 35.5. The number of aromatic nitrogens is 2. The second kappa shape index (κ2) is 5.36. The Labute approximate surface area is 136 Å². The lowest BCUT2D eigenvalue weighted by molar-refractivity contribution is -0.117. The van der Waals surface area contributed by atoms with Crippen LogP contribution in [0.15, 0.2) is 17.7 Å². The lowest BCUT2D eigenvalue weighted by Gasteiger charge is -2.22. The quantitative estimate of drug-likeness (QED) is 0.847. The van der Waals surface area contributed by atoms with Crippen molar-refractivity contribution in [2.75, 3.05) is 11.5 Å². The summed E-state index contributed by atoms with van der Waals surface area (Å²) in [4.78, 5) is 17.0. The molecule has 1 unspecified atom stereocenters. The van der Waals surface area contributed by atoms with E-state index in [1.807, 2.05) is 11.6 Å². The molecule has 1 aliphatic heterocycles. The molecule has 0 aromatic carbocycles. The van der Waals surface area contributed by atoms with Gasteiger partial charge in [0.2, 0.25) is 5.91 Å². The standard InChI is InChI=1S/C13H14ClN3O3S2/c1-13(4-7-22(19,20)8-13)16-10(18)3-2-9-11(14)15-12-17(9)5-6-21-12/h2-3,5-6H,4,7-8H2,1H3,(H,16,18)/b3-2+. The zero-order valence-electron chi connectivity index (χ0n) is 11.7. The Morgan fingerprint density at radius 2 is 2.36 bits per heavy atom. The molecule has 2 aromatic heterocycles. The molecule has 22 heavy (non-hydrogen) atoms. The van der Waals surface area contributed by atoms with Crippen LogP contribution >= 0.6 is 22.9 Å². The maximum Gasteiger partial charge on any atom is 0.244 e. The van der Waals surface area contributed by atoms with E-state index in [-0.39, 0.29) is 17.4 Å². The first-order valence-electron chi connectivity index (χ1n) is 6.60.